The summed E-state index contributed by atoms with van der Waals surface area (Å²) in [7, 11) is -2.02. The van der Waals surface area contributed by atoms with Gasteiger partial charge in [0.1, 0.15) is 0 Å². The van der Waals surface area contributed by atoms with Crippen molar-refractivity contribution < 1.29 is 13.2 Å². The van der Waals surface area contributed by atoms with Crippen LogP contribution in [0.1, 0.15) is 34.0 Å². The van der Waals surface area contributed by atoms with Crippen LogP contribution in [0, 0.1) is 6.92 Å². The lowest BCUT2D eigenvalue weighted by Crippen LogP contribution is -2.26. The normalized spacial score (nSPS) is 11.5. The Morgan fingerprint density at radius 1 is 0.867 bits per heavy atom. The molecule has 0 aliphatic rings. The summed E-state index contributed by atoms with van der Waals surface area (Å²) >= 11 is 0. The first-order valence-corrected chi connectivity index (χ1v) is 11.3. The van der Waals surface area contributed by atoms with Gasteiger partial charge in [-0.1, -0.05) is 48.9 Å². The Hall–Kier alpha value is -2.96. The lowest BCUT2D eigenvalue weighted by molar-refractivity contribution is 0.102. The van der Waals surface area contributed by atoms with Gasteiger partial charge in [0.15, 0.2) is 0 Å². The molecular weight excluding hydrogens is 396 g/mol. The Labute approximate surface area is 178 Å². The number of amides is 1. The summed E-state index contributed by atoms with van der Waals surface area (Å²) in [6, 6.07) is 21.5. The van der Waals surface area contributed by atoms with Crippen molar-refractivity contribution >= 4 is 21.6 Å². The summed E-state index contributed by atoms with van der Waals surface area (Å²) in [5, 5.41) is 2.87. The third-order valence-electron chi connectivity index (χ3n) is 4.97. The number of nitrogens with one attached hydrogen (secondary N) is 1. The first-order valence-electron chi connectivity index (χ1n) is 9.82. The molecule has 3 aromatic carbocycles. The Morgan fingerprint density at radius 3 is 2.00 bits per heavy atom. The zero-order chi connectivity index (χ0) is 21.7. The molecule has 0 radical (unpaired) electrons. The summed E-state index contributed by atoms with van der Waals surface area (Å²) in [5.41, 5.74) is 4.28. The Morgan fingerprint density at radius 2 is 1.43 bits per heavy atom. The molecule has 156 valence electrons. The van der Waals surface area contributed by atoms with Crippen LogP contribution >= 0.6 is 0 Å². The molecule has 0 aliphatic carbocycles. The SMILES string of the molecule is CCc1ccc(NC(=O)c2ccc(CN(C)S(=O)(=O)c3ccc(C)cc3)cc2)cc1. The van der Waals surface area contributed by atoms with Crippen LogP contribution in [-0.2, 0) is 23.0 Å². The molecule has 0 heterocycles. The summed E-state index contributed by atoms with van der Waals surface area (Å²) in [6.45, 7) is 4.22. The van der Waals surface area contributed by atoms with Crippen LogP contribution < -0.4 is 5.32 Å². The van der Waals surface area contributed by atoms with Gasteiger partial charge in [0, 0.05) is 24.8 Å². The largest absolute Gasteiger partial charge is 0.322 e. The number of nitrogens with zero attached hydrogens (tertiary/aromatic N) is 1. The second-order valence-electron chi connectivity index (χ2n) is 7.28. The minimum absolute atomic E-state index is 0.202. The van der Waals surface area contributed by atoms with Crippen LogP contribution in [-0.4, -0.2) is 25.7 Å². The number of aryl methyl sites for hydroxylation is 2. The number of carbonyl (C=O) groups excluding carboxylic acids is 1. The maximum Gasteiger partial charge on any atom is 0.255 e. The quantitative estimate of drug-likeness (QED) is 0.604. The van der Waals surface area contributed by atoms with E-state index in [9.17, 15) is 13.2 Å². The van der Waals surface area contributed by atoms with Crippen molar-refractivity contribution in [1.29, 1.82) is 0 Å². The third-order valence-corrected chi connectivity index (χ3v) is 6.79. The van der Waals surface area contributed by atoms with Crippen molar-refractivity contribution in [2.45, 2.75) is 31.7 Å². The van der Waals surface area contributed by atoms with Gasteiger partial charge in [-0.15, -0.1) is 0 Å². The molecule has 0 atom stereocenters. The molecule has 3 aromatic rings. The standard InChI is InChI=1S/C24H26N2O3S/c1-4-19-9-13-22(14-10-19)25-24(27)21-11-7-20(8-12-21)17-26(3)30(28,29)23-15-5-18(2)6-16-23/h5-16H,4,17H2,1-3H3,(H,25,27). The number of anilines is 1. The molecule has 5 nitrogen and oxygen atoms in total. The first kappa shape index (κ1) is 21.7. The van der Waals surface area contributed by atoms with E-state index in [4.69, 9.17) is 0 Å². The second kappa shape index (κ2) is 9.24. The van der Waals surface area contributed by atoms with Crippen LogP contribution in [0.5, 0.6) is 0 Å². The molecule has 6 heteroatoms. The van der Waals surface area contributed by atoms with Gasteiger partial charge in [-0.2, -0.15) is 4.31 Å². The first-order chi connectivity index (χ1) is 14.3. The predicted octanol–water partition coefficient (Wildman–Crippen LogP) is 4.63. The van der Waals surface area contributed by atoms with Crippen LogP contribution in [0.25, 0.3) is 0 Å². The molecule has 3 rings (SSSR count). The van der Waals surface area contributed by atoms with Crippen molar-refractivity contribution in [1.82, 2.24) is 4.31 Å². The number of benzene rings is 3. The summed E-state index contributed by atoms with van der Waals surface area (Å²) in [6.07, 6.45) is 0.948. The topological polar surface area (TPSA) is 66.5 Å². The van der Waals surface area contributed by atoms with Crippen molar-refractivity contribution in [3.63, 3.8) is 0 Å². The molecule has 0 aliphatic heterocycles. The molecule has 0 bridgehead atoms. The van der Waals surface area contributed by atoms with Crippen molar-refractivity contribution in [3.8, 4) is 0 Å². The van der Waals surface area contributed by atoms with Gasteiger partial charge in [-0.3, -0.25) is 4.79 Å². The van der Waals surface area contributed by atoms with E-state index in [1.807, 2.05) is 31.2 Å². The van der Waals surface area contributed by atoms with Crippen molar-refractivity contribution in [2.24, 2.45) is 0 Å². The molecule has 0 saturated heterocycles. The van der Waals surface area contributed by atoms with Crippen LogP contribution in [0.3, 0.4) is 0 Å². The molecule has 0 fully saturated rings. The highest BCUT2D eigenvalue weighted by molar-refractivity contribution is 7.89. The number of carbonyl (C=O) groups is 1. The fourth-order valence-electron chi connectivity index (χ4n) is 3.02. The van der Waals surface area contributed by atoms with Crippen molar-refractivity contribution in [2.75, 3.05) is 12.4 Å². The van der Waals surface area contributed by atoms with E-state index in [-0.39, 0.29) is 17.3 Å². The third kappa shape index (κ3) is 5.14. The zero-order valence-corrected chi connectivity index (χ0v) is 18.2. The predicted molar refractivity (Wildman–Crippen MR) is 120 cm³/mol. The average Bonchev–Trinajstić information content (AvgIpc) is 2.75. The summed E-state index contributed by atoms with van der Waals surface area (Å²) in [4.78, 5) is 12.7. The van der Waals surface area contributed by atoms with Gasteiger partial charge in [-0.05, 0) is 60.9 Å². The Bertz CT molecular complexity index is 1100. The van der Waals surface area contributed by atoms with Crippen LogP contribution in [0.4, 0.5) is 5.69 Å². The smallest absolute Gasteiger partial charge is 0.255 e. The van der Waals surface area contributed by atoms with Gasteiger partial charge in [0.05, 0.1) is 4.90 Å². The Balaban J connectivity index is 1.65. The molecule has 0 aromatic heterocycles. The average molecular weight is 423 g/mol. The van der Waals surface area contributed by atoms with E-state index in [1.54, 1.807) is 55.6 Å². The fraction of sp³-hybridized carbons (Fsp3) is 0.208. The van der Waals surface area contributed by atoms with E-state index in [0.717, 1.165) is 23.2 Å². The maximum absolute atomic E-state index is 12.7. The Kier molecular flexibility index (Phi) is 6.70. The van der Waals surface area contributed by atoms with Gasteiger partial charge in [0.25, 0.3) is 5.91 Å². The van der Waals surface area contributed by atoms with E-state index >= 15 is 0 Å². The number of hydrogen-bond acceptors (Lipinski definition) is 3. The maximum atomic E-state index is 12.7. The molecule has 1 amide bonds. The van der Waals surface area contributed by atoms with E-state index in [1.165, 1.54) is 9.87 Å². The van der Waals surface area contributed by atoms with Crippen molar-refractivity contribution in [3.05, 3.63) is 95.1 Å². The molecule has 1 N–H and O–H groups in total. The fourth-order valence-corrected chi connectivity index (χ4v) is 4.18. The lowest BCUT2D eigenvalue weighted by atomic mass is 10.1. The highest BCUT2D eigenvalue weighted by Crippen LogP contribution is 2.18. The highest BCUT2D eigenvalue weighted by atomic mass is 32.2. The van der Waals surface area contributed by atoms with E-state index in [2.05, 4.69) is 12.2 Å². The number of sulfonamides is 1. The monoisotopic (exact) mass is 422 g/mol. The van der Waals surface area contributed by atoms with Gasteiger partial charge in [-0.25, -0.2) is 8.42 Å². The lowest BCUT2D eigenvalue weighted by Gasteiger charge is -2.17. The van der Waals surface area contributed by atoms with Gasteiger partial charge in [0.2, 0.25) is 10.0 Å². The summed E-state index contributed by atoms with van der Waals surface area (Å²) < 4.78 is 26.8. The van der Waals surface area contributed by atoms with Gasteiger partial charge < -0.3 is 5.32 Å². The summed E-state index contributed by atoms with van der Waals surface area (Å²) in [5.74, 6) is -0.202. The molecule has 0 spiro atoms. The van der Waals surface area contributed by atoms with Crippen LogP contribution in [0.2, 0.25) is 0 Å². The highest BCUT2D eigenvalue weighted by Gasteiger charge is 2.20. The number of hydrogen-bond donors (Lipinski definition) is 1. The van der Waals surface area contributed by atoms with E-state index in [0.29, 0.717) is 5.56 Å². The zero-order valence-electron chi connectivity index (χ0n) is 17.4. The minimum atomic E-state index is -3.57. The molecular formula is C24H26N2O3S. The van der Waals surface area contributed by atoms with Gasteiger partial charge >= 0.3 is 0 Å². The van der Waals surface area contributed by atoms with E-state index < -0.39 is 10.0 Å². The minimum Gasteiger partial charge on any atom is -0.322 e. The molecule has 30 heavy (non-hydrogen) atoms. The number of rotatable bonds is 7. The molecule has 0 saturated carbocycles. The second-order valence-corrected chi connectivity index (χ2v) is 9.32. The van der Waals surface area contributed by atoms with Crippen LogP contribution in [0.15, 0.2) is 77.7 Å². The molecule has 0 unspecified atom stereocenters.